The van der Waals surface area contributed by atoms with Gasteiger partial charge in [-0.15, -0.1) is 0 Å². The molecule has 4 rings (SSSR count). The zero-order valence-corrected chi connectivity index (χ0v) is 16.8. The van der Waals surface area contributed by atoms with Gasteiger partial charge in [0, 0.05) is 44.8 Å². The SMILES string of the molecule is O=C(CN1CCN(C(=O)c2cc(-c3ccccc3)n[nH]2)CC1)N1CCCCCC1. The van der Waals surface area contributed by atoms with Crippen molar-refractivity contribution in [2.75, 3.05) is 45.8 Å². The van der Waals surface area contributed by atoms with E-state index in [2.05, 4.69) is 15.1 Å². The molecule has 7 nitrogen and oxygen atoms in total. The second kappa shape index (κ2) is 9.22. The van der Waals surface area contributed by atoms with Crippen LogP contribution in [0.1, 0.15) is 36.2 Å². The molecule has 7 heteroatoms. The monoisotopic (exact) mass is 395 g/mol. The summed E-state index contributed by atoms with van der Waals surface area (Å²) in [6, 6.07) is 11.6. The first kappa shape index (κ1) is 19.6. The first-order valence-electron chi connectivity index (χ1n) is 10.6. The number of benzene rings is 1. The van der Waals surface area contributed by atoms with Crippen molar-refractivity contribution in [2.24, 2.45) is 0 Å². The van der Waals surface area contributed by atoms with Gasteiger partial charge in [0.2, 0.25) is 5.91 Å². The summed E-state index contributed by atoms with van der Waals surface area (Å²) in [6.07, 6.45) is 4.68. The van der Waals surface area contributed by atoms with E-state index in [1.54, 1.807) is 0 Å². The summed E-state index contributed by atoms with van der Waals surface area (Å²) in [5.74, 6) is 0.200. The minimum atomic E-state index is -0.0295. The zero-order valence-electron chi connectivity index (χ0n) is 16.8. The number of hydrogen-bond acceptors (Lipinski definition) is 4. The van der Waals surface area contributed by atoms with E-state index in [-0.39, 0.29) is 11.8 Å². The highest BCUT2D eigenvalue weighted by Crippen LogP contribution is 2.18. The van der Waals surface area contributed by atoms with Crippen molar-refractivity contribution in [3.05, 3.63) is 42.1 Å². The first-order valence-corrected chi connectivity index (χ1v) is 10.6. The maximum absolute atomic E-state index is 12.8. The van der Waals surface area contributed by atoms with Crippen LogP contribution < -0.4 is 0 Å². The molecule has 29 heavy (non-hydrogen) atoms. The van der Waals surface area contributed by atoms with Gasteiger partial charge in [0.05, 0.1) is 12.2 Å². The smallest absolute Gasteiger partial charge is 0.271 e. The first-order chi connectivity index (χ1) is 14.2. The minimum absolute atomic E-state index is 0.0295. The van der Waals surface area contributed by atoms with Crippen molar-refractivity contribution in [1.82, 2.24) is 24.9 Å². The normalized spacial score (nSPS) is 18.5. The van der Waals surface area contributed by atoms with Gasteiger partial charge < -0.3 is 9.80 Å². The van der Waals surface area contributed by atoms with Crippen molar-refractivity contribution in [3.63, 3.8) is 0 Å². The topological polar surface area (TPSA) is 72.5 Å². The van der Waals surface area contributed by atoms with E-state index in [1.807, 2.05) is 46.2 Å². The van der Waals surface area contributed by atoms with Crippen LogP contribution in [0, 0.1) is 0 Å². The molecule has 0 atom stereocenters. The third kappa shape index (κ3) is 4.85. The quantitative estimate of drug-likeness (QED) is 0.862. The van der Waals surface area contributed by atoms with Crippen LogP contribution in [-0.4, -0.2) is 82.5 Å². The number of amides is 2. The van der Waals surface area contributed by atoms with Crippen molar-refractivity contribution < 1.29 is 9.59 Å². The molecule has 2 fully saturated rings. The molecule has 0 spiro atoms. The van der Waals surface area contributed by atoms with Crippen LogP contribution in [0.15, 0.2) is 36.4 Å². The maximum Gasteiger partial charge on any atom is 0.271 e. The number of nitrogens with one attached hydrogen (secondary N) is 1. The summed E-state index contributed by atoms with van der Waals surface area (Å²) in [4.78, 5) is 31.4. The van der Waals surface area contributed by atoms with Gasteiger partial charge in [-0.1, -0.05) is 43.2 Å². The van der Waals surface area contributed by atoms with Gasteiger partial charge >= 0.3 is 0 Å². The molecule has 0 saturated carbocycles. The Morgan fingerprint density at radius 3 is 2.24 bits per heavy atom. The van der Waals surface area contributed by atoms with Crippen LogP contribution in [0.4, 0.5) is 0 Å². The average Bonchev–Trinajstić information content (AvgIpc) is 3.09. The molecular formula is C22H29N5O2. The number of hydrogen-bond donors (Lipinski definition) is 1. The summed E-state index contributed by atoms with van der Waals surface area (Å²) >= 11 is 0. The fourth-order valence-electron chi connectivity index (χ4n) is 4.08. The lowest BCUT2D eigenvalue weighted by molar-refractivity contribution is -0.132. The van der Waals surface area contributed by atoms with Crippen LogP contribution >= 0.6 is 0 Å². The summed E-state index contributed by atoms with van der Waals surface area (Å²) in [5.41, 5.74) is 2.27. The molecule has 0 bridgehead atoms. The predicted octanol–water partition coefficient (Wildman–Crippen LogP) is 2.24. The lowest BCUT2D eigenvalue weighted by atomic mass is 10.1. The Morgan fingerprint density at radius 1 is 0.862 bits per heavy atom. The van der Waals surface area contributed by atoms with Crippen LogP contribution in [0.3, 0.4) is 0 Å². The molecule has 0 unspecified atom stereocenters. The molecular weight excluding hydrogens is 366 g/mol. The van der Waals surface area contributed by atoms with Gasteiger partial charge in [0.15, 0.2) is 0 Å². The summed E-state index contributed by atoms with van der Waals surface area (Å²) in [6.45, 7) is 4.96. The van der Waals surface area contributed by atoms with Crippen molar-refractivity contribution in [2.45, 2.75) is 25.7 Å². The van der Waals surface area contributed by atoms with Crippen LogP contribution in [-0.2, 0) is 4.79 Å². The number of rotatable bonds is 4. The fraction of sp³-hybridized carbons (Fsp3) is 0.500. The van der Waals surface area contributed by atoms with Crippen molar-refractivity contribution >= 4 is 11.8 Å². The second-order valence-electron chi connectivity index (χ2n) is 7.90. The van der Waals surface area contributed by atoms with Gasteiger partial charge in [-0.05, 0) is 18.9 Å². The molecule has 1 aromatic heterocycles. The van der Waals surface area contributed by atoms with E-state index in [0.29, 0.717) is 25.3 Å². The van der Waals surface area contributed by atoms with Gasteiger partial charge in [-0.3, -0.25) is 19.6 Å². The third-order valence-electron chi connectivity index (χ3n) is 5.85. The summed E-state index contributed by atoms with van der Waals surface area (Å²) in [5, 5.41) is 7.16. The second-order valence-corrected chi connectivity index (χ2v) is 7.90. The molecule has 2 saturated heterocycles. The molecule has 1 aromatic carbocycles. The number of carbonyl (C=O) groups excluding carboxylic acids is 2. The molecule has 3 heterocycles. The zero-order chi connectivity index (χ0) is 20.1. The van der Waals surface area contributed by atoms with Crippen molar-refractivity contribution in [1.29, 1.82) is 0 Å². The number of likely N-dealkylation sites (tertiary alicyclic amines) is 1. The number of H-pyrrole nitrogens is 1. The van der Waals surface area contributed by atoms with E-state index in [4.69, 9.17) is 0 Å². The van der Waals surface area contributed by atoms with Crippen LogP contribution in [0.5, 0.6) is 0 Å². The molecule has 154 valence electrons. The number of aromatic amines is 1. The number of nitrogens with zero attached hydrogens (tertiary/aromatic N) is 4. The number of carbonyl (C=O) groups is 2. The Balaban J connectivity index is 1.28. The van der Waals surface area contributed by atoms with Crippen LogP contribution in [0.25, 0.3) is 11.3 Å². The molecule has 2 amide bonds. The largest absolute Gasteiger partial charge is 0.342 e. The summed E-state index contributed by atoms with van der Waals surface area (Å²) in [7, 11) is 0. The van der Waals surface area contributed by atoms with E-state index in [1.165, 1.54) is 12.8 Å². The third-order valence-corrected chi connectivity index (χ3v) is 5.85. The molecule has 2 aliphatic heterocycles. The van der Waals surface area contributed by atoms with Crippen molar-refractivity contribution in [3.8, 4) is 11.3 Å². The fourth-order valence-corrected chi connectivity index (χ4v) is 4.08. The average molecular weight is 396 g/mol. The summed E-state index contributed by atoms with van der Waals surface area (Å²) < 4.78 is 0. The molecule has 2 aliphatic rings. The van der Waals surface area contributed by atoms with E-state index in [9.17, 15) is 9.59 Å². The maximum atomic E-state index is 12.8. The Bertz CT molecular complexity index is 819. The Kier molecular flexibility index (Phi) is 6.24. The lowest BCUT2D eigenvalue weighted by Crippen LogP contribution is -2.51. The van der Waals surface area contributed by atoms with E-state index < -0.39 is 0 Å². The highest BCUT2D eigenvalue weighted by atomic mass is 16.2. The highest BCUT2D eigenvalue weighted by molar-refractivity contribution is 5.93. The Morgan fingerprint density at radius 2 is 1.55 bits per heavy atom. The molecule has 1 N–H and O–H groups in total. The lowest BCUT2D eigenvalue weighted by Gasteiger charge is -2.35. The molecule has 0 radical (unpaired) electrons. The standard InChI is InChI=1S/C22H29N5O2/c28-21(26-10-6-1-2-7-11-26)17-25-12-14-27(15-13-25)22(29)20-16-19(23-24-20)18-8-4-3-5-9-18/h3-5,8-9,16H,1-2,6-7,10-15,17H2,(H,23,24). The van der Waals surface area contributed by atoms with E-state index >= 15 is 0 Å². The number of aromatic nitrogens is 2. The van der Waals surface area contributed by atoms with Gasteiger partial charge in [-0.2, -0.15) is 5.10 Å². The van der Waals surface area contributed by atoms with Crippen LogP contribution in [0.2, 0.25) is 0 Å². The Labute approximate surface area is 171 Å². The number of piperazine rings is 1. The minimum Gasteiger partial charge on any atom is -0.342 e. The molecule has 2 aromatic rings. The van der Waals surface area contributed by atoms with Gasteiger partial charge in [0.1, 0.15) is 5.69 Å². The highest BCUT2D eigenvalue weighted by Gasteiger charge is 2.26. The van der Waals surface area contributed by atoms with Gasteiger partial charge in [0.25, 0.3) is 5.91 Å². The molecule has 0 aliphatic carbocycles. The van der Waals surface area contributed by atoms with Gasteiger partial charge in [-0.25, -0.2) is 0 Å². The Hall–Kier alpha value is -2.67. The van der Waals surface area contributed by atoms with E-state index in [0.717, 1.165) is 50.3 Å². The predicted molar refractivity (Wildman–Crippen MR) is 111 cm³/mol.